The van der Waals surface area contributed by atoms with Crippen LogP contribution in [0.2, 0.25) is 0 Å². The van der Waals surface area contributed by atoms with Crippen LogP contribution in [0.25, 0.3) is 0 Å². The van der Waals surface area contributed by atoms with Crippen LogP contribution in [-0.2, 0) is 9.22 Å². The van der Waals surface area contributed by atoms with Gasteiger partial charge in [0, 0.05) is 5.41 Å². The first-order chi connectivity index (χ1) is 16.1. The average molecular weight is 503 g/mol. The predicted octanol–water partition coefficient (Wildman–Crippen LogP) is 6.30. The van der Waals surface area contributed by atoms with Crippen LogP contribution in [0.1, 0.15) is 120 Å². The van der Waals surface area contributed by atoms with Gasteiger partial charge in [0.2, 0.25) is 10.5 Å². The molecular formula is C31H54O3Si. The van der Waals surface area contributed by atoms with Gasteiger partial charge in [0.05, 0.1) is 0 Å². The van der Waals surface area contributed by atoms with Gasteiger partial charge < -0.3 is 9.53 Å². The lowest BCUT2D eigenvalue weighted by molar-refractivity contribution is -0.290. The maximum Gasteiger partial charge on any atom is 0.324 e. The lowest BCUT2D eigenvalue weighted by Gasteiger charge is -2.75. The van der Waals surface area contributed by atoms with Gasteiger partial charge in [-0.05, 0) is 121 Å². The van der Waals surface area contributed by atoms with Crippen molar-refractivity contribution in [2.24, 2.45) is 62.6 Å². The molecule has 4 heteroatoms. The van der Waals surface area contributed by atoms with E-state index < -0.39 is 11.0 Å². The van der Waals surface area contributed by atoms with E-state index in [2.05, 4.69) is 55.4 Å². The Kier molecular flexibility index (Phi) is 5.88. The Morgan fingerprint density at radius 1 is 0.800 bits per heavy atom. The van der Waals surface area contributed by atoms with Crippen LogP contribution in [-0.4, -0.2) is 27.2 Å². The van der Waals surface area contributed by atoms with Gasteiger partial charge >= 0.3 is 5.97 Å². The van der Waals surface area contributed by atoms with E-state index in [1.165, 1.54) is 38.5 Å². The molecule has 5 aliphatic carbocycles. The van der Waals surface area contributed by atoms with Crippen molar-refractivity contribution in [3.05, 3.63) is 0 Å². The highest BCUT2D eigenvalue weighted by atomic mass is 28.2. The second-order valence-corrected chi connectivity index (χ2v) is 16.2. The normalized spacial score (nSPS) is 57.3. The number of rotatable bonds is 1. The van der Waals surface area contributed by atoms with Crippen molar-refractivity contribution >= 4 is 16.5 Å². The van der Waals surface area contributed by atoms with Crippen LogP contribution in [0, 0.1) is 62.6 Å². The van der Waals surface area contributed by atoms with Gasteiger partial charge in [0.15, 0.2) is 5.60 Å². The summed E-state index contributed by atoms with van der Waals surface area (Å²) in [7, 11) is 0.350. The number of hydrogen-bond donors (Lipinski definition) is 1. The van der Waals surface area contributed by atoms with Crippen molar-refractivity contribution in [2.45, 2.75) is 125 Å². The first-order valence-electron chi connectivity index (χ1n) is 14.9. The molecule has 0 bridgehead atoms. The summed E-state index contributed by atoms with van der Waals surface area (Å²) < 4.78 is 5.48. The molecule has 0 aliphatic heterocycles. The third-order valence-corrected chi connectivity index (χ3v) is 15.0. The zero-order valence-corrected chi connectivity index (χ0v) is 26.3. The summed E-state index contributed by atoms with van der Waals surface area (Å²) in [5.74, 6) is 3.57. The minimum Gasteiger partial charge on any atom is -0.527 e. The minimum absolute atomic E-state index is 0.143. The van der Waals surface area contributed by atoms with Crippen molar-refractivity contribution in [3.63, 3.8) is 0 Å². The van der Waals surface area contributed by atoms with Gasteiger partial charge in [-0.3, -0.25) is 4.79 Å². The SMILES string of the molecule is C[C@@H]1[C@H]2[C@H]3CC[C@@H]4[C@]5(C)[C@@H](CC[C@@]4(C)[C@]3(C)CC[C@@]2(C)CC[C@H]1C)C(C)(C)CCC5(O)C(=O)O[SiH3]. The molecule has 0 aromatic heterocycles. The second kappa shape index (κ2) is 7.84. The first kappa shape index (κ1) is 26.3. The Morgan fingerprint density at radius 2 is 1.49 bits per heavy atom. The lowest BCUT2D eigenvalue weighted by Crippen LogP contribution is -2.73. The van der Waals surface area contributed by atoms with Gasteiger partial charge in [0.1, 0.15) is 0 Å². The van der Waals surface area contributed by atoms with E-state index in [1.807, 2.05) is 0 Å². The van der Waals surface area contributed by atoms with Crippen molar-refractivity contribution in [1.29, 1.82) is 0 Å². The van der Waals surface area contributed by atoms with Crippen LogP contribution in [0.5, 0.6) is 0 Å². The van der Waals surface area contributed by atoms with Crippen LogP contribution < -0.4 is 0 Å². The molecule has 5 saturated carbocycles. The van der Waals surface area contributed by atoms with Gasteiger partial charge in [0.25, 0.3) is 0 Å². The van der Waals surface area contributed by atoms with Crippen LogP contribution in [0.3, 0.4) is 0 Å². The molecule has 5 rings (SSSR count). The zero-order valence-electron chi connectivity index (χ0n) is 24.3. The van der Waals surface area contributed by atoms with Gasteiger partial charge in [-0.1, -0.05) is 55.4 Å². The topological polar surface area (TPSA) is 46.5 Å². The van der Waals surface area contributed by atoms with E-state index in [9.17, 15) is 9.90 Å². The van der Waals surface area contributed by atoms with Crippen molar-refractivity contribution < 1.29 is 14.3 Å². The van der Waals surface area contributed by atoms with Crippen LogP contribution >= 0.6 is 0 Å². The predicted molar refractivity (Wildman–Crippen MR) is 146 cm³/mol. The third kappa shape index (κ3) is 3.08. The molecule has 0 saturated heterocycles. The smallest absolute Gasteiger partial charge is 0.324 e. The third-order valence-electron chi connectivity index (χ3n) is 14.6. The monoisotopic (exact) mass is 502 g/mol. The average Bonchev–Trinajstić information content (AvgIpc) is 2.79. The van der Waals surface area contributed by atoms with Crippen molar-refractivity contribution in [1.82, 2.24) is 0 Å². The summed E-state index contributed by atoms with van der Waals surface area (Å²) >= 11 is 0. The molecular weight excluding hydrogens is 448 g/mol. The number of hydrogen-bond acceptors (Lipinski definition) is 3. The summed E-state index contributed by atoms with van der Waals surface area (Å²) in [5, 5.41) is 12.3. The van der Waals surface area contributed by atoms with E-state index in [1.54, 1.807) is 0 Å². The molecule has 0 aromatic carbocycles. The summed E-state index contributed by atoms with van der Waals surface area (Å²) in [6.45, 7) is 20.0. The van der Waals surface area contributed by atoms with Crippen molar-refractivity contribution in [2.75, 3.05) is 0 Å². The molecule has 0 spiro atoms. The molecule has 0 aromatic rings. The Morgan fingerprint density at radius 3 is 2.14 bits per heavy atom. The quantitative estimate of drug-likeness (QED) is 0.428. The lowest BCUT2D eigenvalue weighted by atomic mass is 9.30. The summed E-state index contributed by atoms with van der Waals surface area (Å²) in [6.07, 6.45) is 11.7. The Hall–Kier alpha value is -0.353. The molecule has 5 aliphatic rings. The molecule has 200 valence electrons. The van der Waals surface area contributed by atoms with Gasteiger partial charge in [-0.25, -0.2) is 0 Å². The minimum atomic E-state index is -1.35. The number of fused-ring (bicyclic) bond motifs is 7. The van der Waals surface area contributed by atoms with E-state index >= 15 is 0 Å². The van der Waals surface area contributed by atoms with Gasteiger partial charge in [-0.15, -0.1) is 0 Å². The molecule has 11 atom stereocenters. The Balaban J connectivity index is 1.61. The number of aliphatic hydroxyl groups is 1. The highest BCUT2D eigenvalue weighted by molar-refractivity contribution is 6.07. The first-order valence-corrected chi connectivity index (χ1v) is 15.7. The molecule has 0 amide bonds. The van der Waals surface area contributed by atoms with Crippen LogP contribution in [0.4, 0.5) is 0 Å². The standard InChI is InChI=1S/C31H54O3Si/c1-19-11-13-27(5)16-17-28(6)21(24(27)20(19)2)9-10-23-29(28,7)14-12-22-26(3,4)15-18-31(33,25(32)34-35)30(22,23)8/h19-24,33H,9-18H2,1-8,35H3/t19-,20+,21-,22+,23+,24+,27-,28-,29-,30+,31?/m1/s1. The fourth-order valence-corrected chi connectivity index (χ4v) is 12.5. The molecule has 0 heterocycles. The Bertz CT molecular complexity index is 886. The molecule has 1 unspecified atom stereocenters. The molecule has 0 radical (unpaired) electrons. The maximum absolute atomic E-state index is 13.4. The zero-order chi connectivity index (χ0) is 25.8. The number of carbonyl (C=O) groups excluding carboxylic acids is 1. The maximum atomic E-state index is 13.4. The molecule has 5 fully saturated rings. The molecule has 35 heavy (non-hydrogen) atoms. The van der Waals surface area contributed by atoms with E-state index in [0.29, 0.717) is 34.2 Å². The summed E-state index contributed by atoms with van der Waals surface area (Å²) in [4.78, 5) is 13.4. The fraction of sp³-hybridized carbons (Fsp3) is 0.968. The van der Waals surface area contributed by atoms with Crippen LogP contribution in [0.15, 0.2) is 0 Å². The van der Waals surface area contributed by atoms with Gasteiger partial charge in [-0.2, -0.15) is 0 Å². The number of carbonyl (C=O) groups is 1. The second-order valence-electron chi connectivity index (χ2n) is 15.8. The summed E-state index contributed by atoms with van der Waals surface area (Å²) in [6, 6.07) is 0. The molecule has 3 nitrogen and oxygen atoms in total. The highest BCUT2D eigenvalue weighted by Crippen LogP contribution is 2.78. The highest BCUT2D eigenvalue weighted by Gasteiger charge is 2.74. The van der Waals surface area contributed by atoms with Crippen molar-refractivity contribution in [3.8, 4) is 0 Å². The summed E-state index contributed by atoms with van der Waals surface area (Å²) in [5.41, 5.74) is -0.721. The van der Waals surface area contributed by atoms with E-state index in [-0.39, 0.29) is 22.2 Å². The van der Waals surface area contributed by atoms with E-state index in [0.717, 1.165) is 42.9 Å². The molecule has 1 N–H and O–H groups in total. The fourth-order valence-electron chi connectivity index (χ4n) is 12.1. The Labute approximate surface area is 218 Å². The largest absolute Gasteiger partial charge is 0.527 e. The van der Waals surface area contributed by atoms with E-state index in [4.69, 9.17) is 4.43 Å².